The van der Waals surface area contributed by atoms with Crippen molar-refractivity contribution in [2.75, 3.05) is 33.4 Å². The van der Waals surface area contributed by atoms with Gasteiger partial charge < -0.3 is 15.2 Å². The van der Waals surface area contributed by atoms with Crippen molar-refractivity contribution >= 4 is 0 Å². The number of nitrogens with zero attached hydrogens (tertiary/aromatic N) is 1. The number of nitrogens with two attached hydrogens (primary N) is 1. The highest BCUT2D eigenvalue weighted by molar-refractivity contribution is 4.96. The maximum absolute atomic E-state index is 6.01. The lowest BCUT2D eigenvalue weighted by Crippen LogP contribution is -2.52. The Morgan fingerprint density at radius 1 is 1.33 bits per heavy atom. The van der Waals surface area contributed by atoms with E-state index in [0.717, 1.165) is 51.5 Å². The molecule has 18 heavy (non-hydrogen) atoms. The van der Waals surface area contributed by atoms with Crippen LogP contribution in [0.1, 0.15) is 32.1 Å². The van der Waals surface area contributed by atoms with Crippen LogP contribution in [0, 0.1) is 5.92 Å². The minimum Gasteiger partial charge on any atom is -0.378 e. The van der Waals surface area contributed by atoms with Gasteiger partial charge >= 0.3 is 0 Å². The summed E-state index contributed by atoms with van der Waals surface area (Å²) in [5, 5.41) is 0. The summed E-state index contributed by atoms with van der Waals surface area (Å²) < 4.78 is 11.6. The Hall–Kier alpha value is -0.160. The van der Waals surface area contributed by atoms with Crippen molar-refractivity contribution in [1.29, 1.82) is 0 Å². The highest BCUT2D eigenvalue weighted by atomic mass is 16.6. The molecule has 3 rings (SSSR count). The molecule has 104 valence electrons. The molecule has 4 heteroatoms. The van der Waals surface area contributed by atoms with Crippen molar-refractivity contribution in [3.8, 4) is 0 Å². The van der Waals surface area contributed by atoms with E-state index in [1.165, 1.54) is 12.8 Å². The molecular formula is C14H26N2O2. The molecule has 2 N–H and O–H groups in total. The van der Waals surface area contributed by atoms with E-state index < -0.39 is 0 Å². The zero-order valence-corrected chi connectivity index (χ0v) is 11.4. The molecule has 3 atom stereocenters. The van der Waals surface area contributed by atoms with Gasteiger partial charge in [-0.2, -0.15) is 0 Å². The molecule has 0 bridgehead atoms. The second-order valence-corrected chi connectivity index (χ2v) is 6.29. The molecule has 2 heterocycles. The van der Waals surface area contributed by atoms with Crippen LogP contribution in [-0.2, 0) is 9.47 Å². The summed E-state index contributed by atoms with van der Waals surface area (Å²) in [5.41, 5.74) is 5.98. The average Bonchev–Trinajstić information content (AvgIpc) is 3.13. The van der Waals surface area contributed by atoms with Crippen molar-refractivity contribution in [2.45, 2.75) is 49.8 Å². The summed E-state index contributed by atoms with van der Waals surface area (Å²) in [6.07, 6.45) is 6.05. The van der Waals surface area contributed by atoms with Crippen molar-refractivity contribution in [3.05, 3.63) is 0 Å². The van der Waals surface area contributed by atoms with Crippen LogP contribution < -0.4 is 5.73 Å². The normalized spacial score (nSPS) is 38.5. The smallest absolute Gasteiger partial charge is 0.0951 e. The van der Waals surface area contributed by atoms with E-state index in [4.69, 9.17) is 15.2 Å². The summed E-state index contributed by atoms with van der Waals surface area (Å²) in [7, 11) is 2.26. The van der Waals surface area contributed by atoms with Crippen molar-refractivity contribution < 1.29 is 9.47 Å². The molecule has 0 amide bonds. The number of ether oxygens (including phenoxy) is 2. The molecule has 1 aliphatic carbocycles. The van der Waals surface area contributed by atoms with Crippen LogP contribution in [0.15, 0.2) is 0 Å². The first-order valence-corrected chi connectivity index (χ1v) is 7.38. The van der Waals surface area contributed by atoms with Gasteiger partial charge in [0.05, 0.1) is 12.2 Å². The molecule has 0 radical (unpaired) electrons. The van der Waals surface area contributed by atoms with Crippen LogP contribution in [0.4, 0.5) is 0 Å². The molecule has 0 aromatic rings. The topological polar surface area (TPSA) is 47.7 Å². The zero-order chi connectivity index (χ0) is 12.6. The third-order valence-corrected chi connectivity index (χ3v) is 5.04. The van der Waals surface area contributed by atoms with E-state index >= 15 is 0 Å². The zero-order valence-electron chi connectivity index (χ0n) is 11.4. The highest BCUT2D eigenvalue weighted by Gasteiger charge is 2.44. The molecule has 4 nitrogen and oxygen atoms in total. The molecule has 1 saturated carbocycles. The van der Waals surface area contributed by atoms with Gasteiger partial charge in [0.25, 0.3) is 0 Å². The minimum absolute atomic E-state index is 0.0138. The average molecular weight is 254 g/mol. The van der Waals surface area contributed by atoms with E-state index in [0.29, 0.717) is 12.1 Å². The van der Waals surface area contributed by atoms with Gasteiger partial charge in [0, 0.05) is 38.3 Å². The summed E-state index contributed by atoms with van der Waals surface area (Å²) in [5.74, 6) is 0.846. The van der Waals surface area contributed by atoms with Crippen LogP contribution in [0.3, 0.4) is 0 Å². The van der Waals surface area contributed by atoms with Crippen LogP contribution >= 0.6 is 0 Å². The van der Waals surface area contributed by atoms with Gasteiger partial charge in [-0.15, -0.1) is 0 Å². The Bertz CT molecular complexity index is 288. The maximum Gasteiger partial charge on any atom is 0.0951 e. The molecule has 3 unspecified atom stereocenters. The second-order valence-electron chi connectivity index (χ2n) is 6.29. The molecular weight excluding hydrogens is 228 g/mol. The molecule has 0 aromatic carbocycles. The molecule has 2 saturated heterocycles. The predicted molar refractivity (Wildman–Crippen MR) is 70.5 cm³/mol. The van der Waals surface area contributed by atoms with Crippen LogP contribution in [0.2, 0.25) is 0 Å². The summed E-state index contributed by atoms with van der Waals surface area (Å²) in [6, 6.07) is 1.20. The van der Waals surface area contributed by atoms with E-state index in [9.17, 15) is 0 Å². The van der Waals surface area contributed by atoms with Gasteiger partial charge in [-0.05, 0) is 38.6 Å². The third kappa shape index (κ3) is 2.44. The van der Waals surface area contributed by atoms with Crippen LogP contribution in [-0.4, -0.2) is 56.0 Å². The van der Waals surface area contributed by atoms with E-state index in [2.05, 4.69) is 11.9 Å². The van der Waals surface area contributed by atoms with E-state index in [1.54, 1.807) is 0 Å². The predicted octanol–water partition coefficient (Wildman–Crippen LogP) is 0.994. The minimum atomic E-state index is 0.0138. The largest absolute Gasteiger partial charge is 0.378 e. The lowest BCUT2D eigenvalue weighted by Gasteiger charge is -2.43. The van der Waals surface area contributed by atoms with Gasteiger partial charge in [-0.3, -0.25) is 4.90 Å². The first-order chi connectivity index (χ1) is 8.74. The summed E-state index contributed by atoms with van der Waals surface area (Å²) >= 11 is 0. The van der Waals surface area contributed by atoms with Crippen molar-refractivity contribution in [2.24, 2.45) is 11.7 Å². The molecule has 2 aliphatic heterocycles. The Morgan fingerprint density at radius 2 is 2.17 bits per heavy atom. The molecule has 3 fully saturated rings. The Labute approximate surface area is 110 Å². The fourth-order valence-corrected chi connectivity index (χ4v) is 3.66. The van der Waals surface area contributed by atoms with Gasteiger partial charge in [-0.1, -0.05) is 0 Å². The molecule has 1 spiro atoms. The lowest BCUT2D eigenvalue weighted by atomic mass is 9.88. The van der Waals surface area contributed by atoms with E-state index in [1.807, 2.05) is 0 Å². The Balaban J connectivity index is 1.63. The SMILES string of the molecule is CN(C1CCOC2(CCOC2)C1)C(CN)C1CC1. The number of hydrogen-bond donors (Lipinski definition) is 1. The standard InChI is InChI=1S/C14H26N2O2/c1-16(13(9-15)11-2-3-11)12-4-6-18-14(8-12)5-7-17-10-14/h11-13H,2-10,15H2,1H3. The van der Waals surface area contributed by atoms with E-state index in [-0.39, 0.29) is 5.60 Å². The number of likely N-dealkylation sites (N-methyl/N-ethyl adjacent to an activating group) is 1. The lowest BCUT2D eigenvalue weighted by molar-refractivity contribution is -0.108. The quantitative estimate of drug-likeness (QED) is 0.813. The maximum atomic E-state index is 6.01. The summed E-state index contributed by atoms with van der Waals surface area (Å²) in [6.45, 7) is 3.32. The first-order valence-electron chi connectivity index (χ1n) is 7.38. The van der Waals surface area contributed by atoms with Crippen LogP contribution in [0.5, 0.6) is 0 Å². The van der Waals surface area contributed by atoms with Crippen molar-refractivity contribution in [3.63, 3.8) is 0 Å². The van der Waals surface area contributed by atoms with Crippen molar-refractivity contribution in [1.82, 2.24) is 4.90 Å². The number of rotatable bonds is 4. The monoisotopic (exact) mass is 254 g/mol. The second kappa shape index (κ2) is 5.08. The number of hydrogen-bond acceptors (Lipinski definition) is 4. The van der Waals surface area contributed by atoms with Gasteiger partial charge in [0.15, 0.2) is 0 Å². The van der Waals surface area contributed by atoms with Gasteiger partial charge in [0.2, 0.25) is 0 Å². The fourth-order valence-electron chi connectivity index (χ4n) is 3.66. The van der Waals surface area contributed by atoms with Gasteiger partial charge in [0.1, 0.15) is 0 Å². The Kier molecular flexibility index (Phi) is 3.63. The first kappa shape index (κ1) is 12.9. The molecule has 3 aliphatic rings. The molecule has 0 aromatic heterocycles. The third-order valence-electron chi connectivity index (χ3n) is 5.04. The Morgan fingerprint density at radius 3 is 2.78 bits per heavy atom. The fraction of sp³-hybridized carbons (Fsp3) is 1.00. The van der Waals surface area contributed by atoms with Crippen LogP contribution in [0.25, 0.3) is 0 Å². The summed E-state index contributed by atoms with van der Waals surface area (Å²) in [4.78, 5) is 2.54. The van der Waals surface area contributed by atoms with Gasteiger partial charge in [-0.25, -0.2) is 0 Å². The highest BCUT2D eigenvalue weighted by Crippen LogP contribution is 2.39.